The average Bonchev–Trinajstić information content (AvgIpc) is 3.35. The Morgan fingerprint density at radius 2 is 1.57 bits per heavy atom. The molecule has 0 spiro atoms. The molecule has 3 heteroatoms. The van der Waals surface area contributed by atoms with Gasteiger partial charge in [0.25, 0.3) is 0 Å². The Labute approximate surface area is 247 Å². The topological polar surface area (TPSA) is 37.9 Å². The molecule has 0 N–H and O–H groups in total. The van der Waals surface area contributed by atoms with Crippen molar-refractivity contribution in [2.45, 2.75) is 45.1 Å². The van der Waals surface area contributed by atoms with Crippen molar-refractivity contribution in [1.82, 2.24) is 0 Å². The molecule has 2 unspecified atom stereocenters. The van der Waals surface area contributed by atoms with E-state index in [9.17, 15) is 0 Å². The van der Waals surface area contributed by atoms with Crippen molar-refractivity contribution in [3.8, 4) is 11.1 Å². The number of benzene rings is 4. The third-order valence-electron chi connectivity index (χ3n) is 8.98. The van der Waals surface area contributed by atoms with Gasteiger partial charge in [-0.3, -0.25) is 9.98 Å². The maximum absolute atomic E-state index is 6.55. The van der Waals surface area contributed by atoms with Crippen molar-refractivity contribution in [1.29, 1.82) is 0 Å². The van der Waals surface area contributed by atoms with Gasteiger partial charge >= 0.3 is 0 Å². The summed E-state index contributed by atoms with van der Waals surface area (Å²) in [5, 5.41) is 2.20. The summed E-state index contributed by atoms with van der Waals surface area (Å²) in [6.07, 6.45) is 6.26. The van der Waals surface area contributed by atoms with Crippen LogP contribution in [0.3, 0.4) is 0 Å². The maximum Gasteiger partial charge on any atom is 0.136 e. The molecule has 3 nitrogen and oxygen atoms in total. The van der Waals surface area contributed by atoms with Crippen LogP contribution in [0.5, 0.6) is 0 Å². The summed E-state index contributed by atoms with van der Waals surface area (Å²) in [5.74, 6) is 0.265. The Morgan fingerprint density at radius 3 is 2.36 bits per heavy atom. The van der Waals surface area contributed by atoms with E-state index in [-0.39, 0.29) is 12.0 Å². The summed E-state index contributed by atoms with van der Waals surface area (Å²) in [5.41, 5.74) is 14.2. The molecule has 206 valence electrons. The fourth-order valence-corrected chi connectivity index (χ4v) is 7.02. The van der Waals surface area contributed by atoms with Crippen LogP contribution in [0, 0.1) is 13.8 Å². The molecular formula is C39H34N2O. The van der Waals surface area contributed by atoms with E-state index < -0.39 is 0 Å². The number of rotatable bonds is 3. The molecule has 0 aliphatic carbocycles. The fraction of sp³-hybridized carbons (Fsp3) is 0.179. The molecule has 0 fully saturated rings. The van der Waals surface area contributed by atoms with Crippen LogP contribution in [0.4, 0.5) is 0 Å². The molecule has 0 radical (unpaired) electrons. The van der Waals surface area contributed by atoms with E-state index in [4.69, 9.17) is 14.4 Å². The molecule has 4 aromatic carbocycles. The van der Waals surface area contributed by atoms with Gasteiger partial charge in [-0.05, 0) is 96.5 Å². The molecule has 2 aliphatic heterocycles. The minimum Gasteiger partial charge on any atom is -0.456 e. The van der Waals surface area contributed by atoms with Crippen molar-refractivity contribution >= 4 is 33.4 Å². The normalized spacial score (nSPS) is 18.5. The van der Waals surface area contributed by atoms with Crippen LogP contribution in [0.1, 0.15) is 52.1 Å². The van der Waals surface area contributed by atoms with E-state index in [1.54, 1.807) is 0 Å². The lowest BCUT2D eigenvalue weighted by molar-refractivity contribution is 0.490. The Kier molecular flexibility index (Phi) is 6.39. The van der Waals surface area contributed by atoms with Crippen molar-refractivity contribution in [3.63, 3.8) is 0 Å². The van der Waals surface area contributed by atoms with E-state index in [0.717, 1.165) is 57.5 Å². The van der Waals surface area contributed by atoms with Gasteiger partial charge in [0.15, 0.2) is 0 Å². The van der Waals surface area contributed by atoms with Crippen LogP contribution < -0.4 is 0 Å². The van der Waals surface area contributed by atoms with Gasteiger partial charge in [0, 0.05) is 39.9 Å². The summed E-state index contributed by atoms with van der Waals surface area (Å²) in [6, 6.07) is 26.2. The lowest BCUT2D eigenvalue weighted by atomic mass is 9.78. The van der Waals surface area contributed by atoms with Gasteiger partial charge in [-0.15, -0.1) is 0 Å². The number of fused-ring (bicyclic) bond motifs is 7. The second kappa shape index (κ2) is 10.3. The SMILES string of the molecule is C=CC1=NC(=C)CC2N=C(C=C)c3ccccc3C2CCc2cc3oc4cc(-c5c(C)cccc5C)ccc4c3cc21. The third kappa shape index (κ3) is 4.28. The molecule has 1 aromatic heterocycles. The summed E-state index contributed by atoms with van der Waals surface area (Å²) >= 11 is 0. The van der Waals surface area contributed by atoms with Crippen molar-refractivity contribution in [3.05, 3.63) is 144 Å². The number of furan rings is 1. The number of nitrogens with zero attached hydrogens (tertiary/aromatic N) is 2. The quantitative estimate of drug-likeness (QED) is 0.222. The van der Waals surface area contributed by atoms with Crippen molar-refractivity contribution < 1.29 is 4.42 Å². The van der Waals surface area contributed by atoms with Crippen LogP contribution in [0.2, 0.25) is 0 Å². The number of hydrogen-bond acceptors (Lipinski definition) is 3. The van der Waals surface area contributed by atoms with Gasteiger partial charge in [0.1, 0.15) is 11.2 Å². The van der Waals surface area contributed by atoms with Gasteiger partial charge in [0.05, 0.1) is 17.5 Å². The number of aliphatic imine (C=N–C) groups is 2. The monoisotopic (exact) mass is 546 g/mol. The smallest absolute Gasteiger partial charge is 0.136 e. The Bertz CT molecular complexity index is 1980. The van der Waals surface area contributed by atoms with Crippen LogP contribution in [-0.4, -0.2) is 17.5 Å². The lowest BCUT2D eigenvalue weighted by Gasteiger charge is -2.32. The van der Waals surface area contributed by atoms with Crippen molar-refractivity contribution in [2.24, 2.45) is 9.98 Å². The molecule has 0 amide bonds. The van der Waals surface area contributed by atoms with Crippen LogP contribution in [-0.2, 0) is 6.42 Å². The lowest BCUT2D eigenvalue weighted by Crippen LogP contribution is -2.27. The predicted molar refractivity (Wildman–Crippen MR) is 177 cm³/mol. The zero-order valence-electron chi connectivity index (χ0n) is 24.3. The molecular weight excluding hydrogens is 512 g/mol. The maximum atomic E-state index is 6.55. The Balaban J connectivity index is 1.37. The van der Waals surface area contributed by atoms with Gasteiger partial charge in [0.2, 0.25) is 0 Å². The van der Waals surface area contributed by atoms with Gasteiger partial charge < -0.3 is 4.42 Å². The molecule has 42 heavy (non-hydrogen) atoms. The van der Waals surface area contributed by atoms with Gasteiger partial charge in [-0.1, -0.05) is 68.3 Å². The fourth-order valence-electron chi connectivity index (χ4n) is 7.02. The zero-order valence-corrected chi connectivity index (χ0v) is 24.3. The van der Waals surface area contributed by atoms with E-state index in [2.05, 4.69) is 106 Å². The van der Waals surface area contributed by atoms with E-state index in [0.29, 0.717) is 6.42 Å². The molecule has 0 saturated heterocycles. The molecule has 7 rings (SSSR count). The van der Waals surface area contributed by atoms with Crippen LogP contribution in [0.25, 0.3) is 33.1 Å². The largest absolute Gasteiger partial charge is 0.456 e. The minimum atomic E-state index is 0.0648. The highest BCUT2D eigenvalue weighted by molar-refractivity contribution is 6.15. The molecule has 0 saturated carbocycles. The third-order valence-corrected chi connectivity index (χ3v) is 8.98. The average molecular weight is 547 g/mol. The number of allylic oxidation sites excluding steroid dienone is 2. The molecule has 2 atom stereocenters. The second-order valence-electron chi connectivity index (χ2n) is 11.6. The second-order valence-corrected chi connectivity index (χ2v) is 11.6. The first-order valence-corrected chi connectivity index (χ1v) is 14.7. The van der Waals surface area contributed by atoms with Gasteiger partial charge in [-0.2, -0.15) is 0 Å². The summed E-state index contributed by atoms with van der Waals surface area (Å²) in [6.45, 7) is 16.9. The van der Waals surface area contributed by atoms with E-state index in [1.807, 2.05) is 12.2 Å². The highest BCUT2D eigenvalue weighted by Gasteiger charge is 2.31. The number of hydrogen-bond donors (Lipinski definition) is 0. The van der Waals surface area contributed by atoms with Crippen LogP contribution in [0.15, 0.2) is 125 Å². The highest BCUT2D eigenvalue weighted by atomic mass is 16.3. The van der Waals surface area contributed by atoms with E-state index >= 15 is 0 Å². The predicted octanol–water partition coefficient (Wildman–Crippen LogP) is 9.84. The Hall–Kier alpha value is -4.76. The molecule has 0 bridgehead atoms. The first-order chi connectivity index (χ1) is 20.4. The first kappa shape index (κ1) is 26.2. The first-order valence-electron chi connectivity index (χ1n) is 14.7. The zero-order chi connectivity index (χ0) is 29.0. The summed E-state index contributed by atoms with van der Waals surface area (Å²) in [4.78, 5) is 10.2. The summed E-state index contributed by atoms with van der Waals surface area (Å²) < 4.78 is 6.55. The molecule has 5 aromatic rings. The van der Waals surface area contributed by atoms with Gasteiger partial charge in [-0.25, -0.2) is 0 Å². The highest BCUT2D eigenvalue weighted by Crippen LogP contribution is 2.40. The van der Waals surface area contributed by atoms with E-state index in [1.165, 1.54) is 38.9 Å². The number of aryl methyl sites for hydroxylation is 3. The Morgan fingerprint density at radius 1 is 0.810 bits per heavy atom. The van der Waals surface area contributed by atoms with Crippen molar-refractivity contribution in [2.75, 3.05) is 0 Å². The summed E-state index contributed by atoms with van der Waals surface area (Å²) in [7, 11) is 0. The standard InChI is InChI=1S/C39H34N2O/c1-6-34-29-14-9-8-13-28(29)30-17-15-26-20-38-33(22-32(26)35(7-2)40-25(5)19-36(30)41-34)31-18-16-27(21-37(31)42-38)39-23(3)11-10-12-24(39)4/h6-14,16,18,20-22,30,36H,1-2,5,15,17,19H2,3-4H3. The molecule has 3 heterocycles. The minimum absolute atomic E-state index is 0.0648. The molecule has 2 aliphatic rings. The van der Waals surface area contributed by atoms with Crippen LogP contribution >= 0.6 is 0 Å².